The first kappa shape index (κ1) is 31.8. The zero-order valence-corrected chi connectivity index (χ0v) is 27.8. The number of pyridine rings is 1. The summed E-state index contributed by atoms with van der Waals surface area (Å²) in [5.74, 6) is -0.354. The third kappa shape index (κ3) is 5.53. The Morgan fingerprint density at radius 3 is 2.76 bits per heavy atom. The van der Waals surface area contributed by atoms with Crippen LogP contribution in [-0.2, 0) is 13.5 Å². The topological polar surface area (TPSA) is 92.4 Å². The molecular weight excluding hydrogens is 631 g/mol. The van der Waals surface area contributed by atoms with E-state index in [2.05, 4.69) is 30.9 Å². The number of alkyl halides is 1. The molecule has 0 spiro atoms. The van der Waals surface area contributed by atoms with Gasteiger partial charge in [-0.1, -0.05) is 13.0 Å². The summed E-state index contributed by atoms with van der Waals surface area (Å²) >= 11 is 0. The number of nitrogens with zero attached hydrogens (tertiary/aromatic N) is 7. The summed E-state index contributed by atoms with van der Waals surface area (Å²) < 4.78 is 54.8. The zero-order valence-electron chi connectivity index (χ0n) is 27.8. The lowest BCUT2D eigenvalue weighted by Gasteiger charge is -2.31. The standard InChI is InChI=1S/C37H40F3N7O2/c1-3-26-29(39)8-7-23-16-25(48)17-27(31(23)26)33-32(40)34-28(19-41-33)35(46-13-4-6-22(10-15-46)30-9-12-42-45(30)2)44-36(43-34)49-21-37-11-5-14-47(37)20-24(38)18-37/h7-9,12,16-17,19,22,24,48H,3-6,10-11,13-15,18,20-21H2,1-2H3/t22-,24+,37-/m0/s1. The number of halogens is 3. The molecule has 9 nitrogen and oxygen atoms in total. The molecule has 3 aliphatic rings. The van der Waals surface area contributed by atoms with E-state index in [1.165, 1.54) is 23.9 Å². The molecule has 256 valence electrons. The van der Waals surface area contributed by atoms with Crippen LogP contribution >= 0.6 is 0 Å². The normalized spacial score (nSPS) is 23.0. The summed E-state index contributed by atoms with van der Waals surface area (Å²) in [4.78, 5) is 18.4. The lowest BCUT2D eigenvalue weighted by molar-refractivity contribution is 0.107. The van der Waals surface area contributed by atoms with Crippen LogP contribution in [0.5, 0.6) is 11.8 Å². The molecule has 3 saturated heterocycles. The van der Waals surface area contributed by atoms with Crippen LogP contribution in [0.2, 0.25) is 0 Å². The van der Waals surface area contributed by atoms with Crippen molar-refractivity contribution in [2.75, 3.05) is 37.7 Å². The Labute approximate surface area is 282 Å². The monoisotopic (exact) mass is 671 g/mol. The highest BCUT2D eigenvalue weighted by atomic mass is 19.1. The van der Waals surface area contributed by atoms with Gasteiger partial charge < -0.3 is 14.7 Å². The van der Waals surface area contributed by atoms with Gasteiger partial charge >= 0.3 is 6.01 Å². The van der Waals surface area contributed by atoms with Crippen molar-refractivity contribution in [2.45, 2.75) is 69.5 Å². The van der Waals surface area contributed by atoms with E-state index >= 15 is 8.78 Å². The van der Waals surface area contributed by atoms with Crippen LogP contribution in [0.4, 0.5) is 19.0 Å². The van der Waals surface area contributed by atoms with Crippen molar-refractivity contribution < 1.29 is 23.0 Å². The predicted molar refractivity (Wildman–Crippen MR) is 182 cm³/mol. The Kier molecular flexibility index (Phi) is 8.08. The van der Waals surface area contributed by atoms with Gasteiger partial charge in [-0.25, -0.2) is 13.2 Å². The van der Waals surface area contributed by atoms with Crippen molar-refractivity contribution >= 4 is 27.5 Å². The number of anilines is 1. The first-order valence-electron chi connectivity index (χ1n) is 17.3. The smallest absolute Gasteiger partial charge is 0.319 e. The van der Waals surface area contributed by atoms with Crippen LogP contribution in [0, 0.1) is 11.6 Å². The van der Waals surface area contributed by atoms with E-state index in [1.54, 1.807) is 12.3 Å². The lowest BCUT2D eigenvalue weighted by atomic mass is 9.94. The average molecular weight is 672 g/mol. The summed E-state index contributed by atoms with van der Waals surface area (Å²) in [5.41, 5.74) is 1.42. The molecule has 3 fully saturated rings. The first-order valence-corrected chi connectivity index (χ1v) is 17.3. The van der Waals surface area contributed by atoms with Gasteiger partial charge in [0.25, 0.3) is 0 Å². The second-order valence-corrected chi connectivity index (χ2v) is 13.8. The van der Waals surface area contributed by atoms with E-state index in [0.717, 1.165) is 38.6 Å². The van der Waals surface area contributed by atoms with Gasteiger partial charge in [0, 0.05) is 62.7 Å². The van der Waals surface area contributed by atoms with Gasteiger partial charge in [-0.15, -0.1) is 0 Å². The van der Waals surface area contributed by atoms with Gasteiger partial charge in [0.2, 0.25) is 0 Å². The third-order valence-electron chi connectivity index (χ3n) is 10.9. The number of hydrogen-bond donors (Lipinski definition) is 1. The number of aryl methyl sites for hydroxylation is 2. The second kappa shape index (κ2) is 12.5. The summed E-state index contributed by atoms with van der Waals surface area (Å²) in [6.07, 6.45) is 7.73. The number of phenols is 1. The van der Waals surface area contributed by atoms with Crippen LogP contribution in [0.3, 0.4) is 0 Å². The van der Waals surface area contributed by atoms with Crippen molar-refractivity contribution in [3.63, 3.8) is 0 Å². The Balaban J connectivity index is 1.24. The maximum Gasteiger partial charge on any atom is 0.319 e. The second-order valence-electron chi connectivity index (χ2n) is 13.8. The highest BCUT2D eigenvalue weighted by Crippen LogP contribution is 2.42. The molecular formula is C37H40F3N7O2. The third-order valence-corrected chi connectivity index (χ3v) is 10.9. The predicted octanol–water partition coefficient (Wildman–Crippen LogP) is 6.85. The van der Waals surface area contributed by atoms with Gasteiger partial charge in [0.1, 0.15) is 41.4 Å². The van der Waals surface area contributed by atoms with Crippen LogP contribution < -0.4 is 9.64 Å². The first-order chi connectivity index (χ1) is 23.7. The Morgan fingerprint density at radius 2 is 1.94 bits per heavy atom. The Bertz CT molecular complexity index is 2050. The molecule has 0 saturated carbocycles. The largest absolute Gasteiger partial charge is 0.508 e. The fourth-order valence-corrected chi connectivity index (χ4v) is 8.58. The summed E-state index contributed by atoms with van der Waals surface area (Å²) in [5, 5.41) is 16.5. The SMILES string of the molecule is CCc1c(F)ccc2cc(O)cc(-c3ncc4c(N5CCC[C@H](c6ccnn6C)CC5)nc(OC[C@@]56CCCN5C[C@H](F)C6)nc4c3F)c12. The fourth-order valence-electron chi connectivity index (χ4n) is 8.58. The summed E-state index contributed by atoms with van der Waals surface area (Å²) in [6, 6.07) is 7.98. The van der Waals surface area contributed by atoms with Gasteiger partial charge in [-0.3, -0.25) is 14.6 Å². The number of phenolic OH excluding ortho intramolecular Hbond substituents is 1. The molecule has 0 aliphatic carbocycles. The molecule has 3 aromatic heterocycles. The van der Waals surface area contributed by atoms with E-state index in [-0.39, 0.29) is 35.1 Å². The van der Waals surface area contributed by atoms with Gasteiger partial charge in [-0.05, 0) is 85.7 Å². The molecule has 2 aromatic carbocycles. The van der Waals surface area contributed by atoms with Crippen molar-refractivity contribution in [3.05, 3.63) is 65.6 Å². The van der Waals surface area contributed by atoms with E-state index in [4.69, 9.17) is 9.72 Å². The van der Waals surface area contributed by atoms with Crippen LogP contribution in [0.1, 0.15) is 62.6 Å². The maximum atomic E-state index is 17.0. The van der Waals surface area contributed by atoms with E-state index in [9.17, 15) is 9.50 Å². The number of aromatic nitrogens is 5. The van der Waals surface area contributed by atoms with E-state index in [1.807, 2.05) is 24.9 Å². The van der Waals surface area contributed by atoms with Crippen LogP contribution in [0.15, 0.2) is 42.7 Å². The number of fused-ring (bicyclic) bond motifs is 3. The average Bonchev–Trinajstić information content (AvgIpc) is 3.71. The van der Waals surface area contributed by atoms with E-state index < -0.39 is 23.3 Å². The zero-order chi connectivity index (χ0) is 33.9. The van der Waals surface area contributed by atoms with Gasteiger partial charge in [0.15, 0.2) is 5.82 Å². The number of benzene rings is 2. The number of rotatable bonds is 7. The molecule has 5 aromatic rings. The fraction of sp³-hybridized carbons (Fsp3) is 0.459. The lowest BCUT2D eigenvalue weighted by Crippen LogP contribution is -2.43. The van der Waals surface area contributed by atoms with Crippen LogP contribution in [0.25, 0.3) is 32.9 Å². The number of hydrogen-bond acceptors (Lipinski definition) is 8. The van der Waals surface area contributed by atoms with Crippen molar-refractivity contribution in [1.82, 2.24) is 29.6 Å². The molecule has 0 amide bonds. The molecule has 3 atom stereocenters. The van der Waals surface area contributed by atoms with Gasteiger partial charge in [-0.2, -0.15) is 15.1 Å². The highest BCUT2D eigenvalue weighted by Gasteiger charge is 2.49. The van der Waals surface area contributed by atoms with Crippen LogP contribution in [-0.4, -0.2) is 79.2 Å². The molecule has 8 rings (SSSR count). The maximum absolute atomic E-state index is 17.0. The molecule has 0 radical (unpaired) electrons. The Hall–Kier alpha value is -4.45. The van der Waals surface area contributed by atoms with Crippen molar-refractivity contribution in [2.24, 2.45) is 7.05 Å². The van der Waals surface area contributed by atoms with Gasteiger partial charge in [0.05, 0.1) is 10.9 Å². The Morgan fingerprint density at radius 1 is 1.06 bits per heavy atom. The highest BCUT2D eigenvalue weighted by molar-refractivity contribution is 6.01. The molecule has 0 bridgehead atoms. The molecule has 1 N–H and O–H groups in total. The van der Waals surface area contributed by atoms with Crippen molar-refractivity contribution in [3.8, 4) is 23.0 Å². The molecule has 3 aliphatic heterocycles. The molecule has 12 heteroatoms. The molecule has 49 heavy (non-hydrogen) atoms. The minimum Gasteiger partial charge on any atom is -0.508 e. The summed E-state index contributed by atoms with van der Waals surface area (Å²) in [7, 11) is 1.96. The minimum absolute atomic E-state index is 0.0237. The van der Waals surface area contributed by atoms with Crippen molar-refractivity contribution in [1.29, 1.82) is 0 Å². The number of aromatic hydroxyl groups is 1. The van der Waals surface area contributed by atoms with E-state index in [0.29, 0.717) is 65.9 Å². The summed E-state index contributed by atoms with van der Waals surface area (Å²) in [6.45, 7) is 4.62. The minimum atomic E-state index is -0.914. The quantitative estimate of drug-likeness (QED) is 0.201. The molecule has 6 heterocycles. The number of ether oxygens (including phenoxy) is 1. The molecule has 0 unspecified atom stereocenters.